The van der Waals surface area contributed by atoms with Gasteiger partial charge < -0.3 is 9.73 Å². The summed E-state index contributed by atoms with van der Waals surface area (Å²) in [5, 5.41) is 4.37. The van der Waals surface area contributed by atoms with Gasteiger partial charge in [-0.1, -0.05) is 19.1 Å². The number of oxazole rings is 1. The summed E-state index contributed by atoms with van der Waals surface area (Å²) in [7, 11) is 0. The van der Waals surface area contributed by atoms with E-state index in [0.29, 0.717) is 5.82 Å². The number of para-hydroxylation sites is 1. The molecular formula is C22H17N5O. The van der Waals surface area contributed by atoms with Crippen LogP contribution in [0.15, 0.2) is 71.4 Å². The minimum Gasteiger partial charge on any atom is -0.441 e. The average Bonchev–Trinajstić information content (AvgIpc) is 3.17. The van der Waals surface area contributed by atoms with Gasteiger partial charge in [0.15, 0.2) is 17.3 Å². The van der Waals surface area contributed by atoms with E-state index in [4.69, 9.17) is 14.4 Å². The number of fused-ring (bicyclic) bond motifs is 2. The molecule has 5 aromatic rings. The lowest BCUT2D eigenvalue weighted by Gasteiger charge is -2.11. The van der Waals surface area contributed by atoms with Gasteiger partial charge in [0, 0.05) is 41.5 Å². The molecule has 0 radical (unpaired) electrons. The summed E-state index contributed by atoms with van der Waals surface area (Å²) < 4.78 is 5.79. The smallest absolute Gasteiger partial charge is 0.195 e. The molecule has 0 atom stereocenters. The summed E-state index contributed by atoms with van der Waals surface area (Å²) in [6.45, 7) is 2.03. The number of anilines is 2. The summed E-state index contributed by atoms with van der Waals surface area (Å²) in [6, 6.07) is 17.6. The van der Waals surface area contributed by atoms with Crippen LogP contribution in [-0.2, 0) is 6.42 Å². The van der Waals surface area contributed by atoms with Gasteiger partial charge in [0.1, 0.15) is 11.3 Å². The van der Waals surface area contributed by atoms with Crippen LogP contribution in [0.25, 0.3) is 33.4 Å². The highest BCUT2D eigenvalue weighted by Crippen LogP contribution is 2.28. The number of benzene rings is 2. The maximum absolute atomic E-state index is 5.79. The SMILES string of the molecule is CCc1nc2ccc(Nc3nc(-c4ccncc4)nc4ccccc34)cc2o1. The second-order valence-electron chi connectivity index (χ2n) is 6.42. The summed E-state index contributed by atoms with van der Waals surface area (Å²) in [4.78, 5) is 18.0. The molecule has 6 heteroatoms. The van der Waals surface area contributed by atoms with E-state index < -0.39 is 0 Å². The van der Waals surface area contributed by atoms with Crippen LogP contribution in [0.4, 0.5) is 11.5 Å². The summed E-state index contributed by atoms with van der Waals surface area (Å²) in [5.74, 6) is 2.13. The molecule has 5 rings (SSSR count). The predicted octanol–water partition coefficient (Wildman–Crippen LogP) is 5.14. The van der Waals surface area contributed by atoms with Crippen molar-refractivity contribution in [3.63, 3.8) is 0 Å². The monoisotopic (exact) mass is 367 g/mol. The zero-order chi connectivity index (χ0) is 18.9. The first-order chi connectivity index (χ1) is 13.8. The quantitative estimate of drug-likeness (QED) is 0.474. The zero-order valence-electron chi connectivity index (χ0n) is 15.3. The molecule has 6 nitrogen and oxygen atoms in total. The van der Waals surface area contributed by atoms with Crippen LogP contribution in [0.1, 0.15) is 12.8 Å². The molecule has 2 aromatic carbocycles. The normalized spacial score (nSPS) is 11.2. The predicted molar refractivity (Wildman–Crippen MR) is 109 cm³/mol. The maximum atomic E-state index is 5.79. The largest absolute Gasteiger partial charge is 0.441 e. The Morgan fingerprint density at radius 2 is 1.75 bits per heavy atom. The number of hydrogen-bond donors (Lipinski definition) is 1. The molecule has 0 spiro atoms. The fraction of sp³-hybridized carbons (Fsp3) is 0.0909. The Kier molecular flexibility index (Phi) is 3.94. The van der Waals surface area contributed by atoms with Gasteiger partial charge in [-0.15, -0.1) is 0 Å². The van der Waals surface area contributed by atoms with Gasteiger partial charge in [0.2, 0.25) is 0 Å². The average molecular weight is 367 g/mol. The van der Waals surface area contributed by atoms with E-state index in [0.717, 1.165) is 51.4 Å². The van der Waals surface area contributed by atoms with E-state index in [1.165, 1.54) is 0 Å². The molecule has 0 saturated heterocycles. The minimum atomic E-state index is 0.651. The van der Waals surface area contributed by atoms with Crippen molar-refractivity contribution in [1.29, 1.82) is 0 Å². The van der Waals surface area contributed by atoms with Crippen molar-refractivity contribution >= 4 is 33.5 Å². The third kappa shape index (κ3) is 2.95. The third-order valence-corrected chi connectivity index (χ3v) is 4.54. The Hall–Kier alpha value is -3.80. The second kappa shape index (κ2) is 6.74. The van der Waals surface area contributed by atoms with Crippen molar-refractivity contribution in [3.05, 3.63) is 72.9 Å². The molecule has 0 bridgehead atoms. The van der Waals surface area contributed by atoms with Crippen LogP contribution in [-0.4, -0.2) is 19.9 Å². The van der Waals surface area contributed by atoms with Crippen molar-refractivity contribution in [2.24, 2.45) is 0 Å². The molecule has 0 unspecified atom stereocenters. The van der Waals surface area contributed by atoms with E-state index in [2.05, 4.69) is 15.3 Å². The van der Waals surface area contributed by atoms with Gasteiger partial charge >= 0.3 is 0 Å². The molecule has 3 aromatic heterocycles. The van der Waals surface area contributed by atoms with Crippen molar-refractivity contribution in [2.45, 2.75) is 13.3 Å². The van der Waals surface area contributed by atoms with Gasteiger partial charge in [-0.3, -0.25) is 4.98 Å². The molecule has 0 aliphatic heterocycles. The number of aromatic nitrogens is 4. The summed E-state index contributed by atoms with van der Waals surface area (Å²) in [5.41, 5.74) is 4.29. The standard InChI is InChI=1S/C22H17N5O/c1-2-20-25-18-8-7-15(13-19(18)28-20)24-22-16-5-3-4-6-17(16)26-21(27-22)14-9-11-23-12-10-14/h3-13H,2H2,1H3,(H,24,26,27). The van der Waals surface area contributed by atoms with Crippen molar-refractivity contribution in [3.8, 4) is 11.4 Å². The lowest BCUT2D eigenvalue weighted by molar-refractivity contribution is 0.538. The first-order valence-electron chi connectivity index (χ1n) is 9.14. The molecular weight excluding hydrogens is 350 g/mol. The van der Waals surface area contributed by atoms with E-state index in [-0.39, 0.29) is 0 Å². The topological polar surface area (TPSA) is 76.7 Å². The number of rotatable bonds is 4. The number of nitrogens with zero attached hydrogens (tertiary/aromatic N) is 4. The molecule has 1 N–H and O–H groups in total. The first kappa shape index (κ1) is 16.4. The lowest BCUT2D eigenvalue weighted by Crippen LogP contribution is -1.99. The molecule has 136 valence electrons. The van der Waals surface area contributed by atoms with Crippen LogP contribution in [0, 0.1) is 0 Å². The van der Waals surface area contributed by atoms with Crippen molar-refractivity contribution < 1.29 is 4.42 Å². The fourth-order valence-electron chi connectivity index (χ4n) is 3.14. The Morgan fingerprint density at radius 1 is 0.893 bits per heavy atom. The van der Waals surface area contributed by atoms with Gasteiger partial charge in [0.05, 0.1) is 5.52 Å². The number of pyridine rings is 1. The van der Waals surface area contributed by atoms with E-state index in [1.807, 2.05) is 61.5 Å². The lowest BCUT2D eigenvalue weighted by atomic mass is 10.2. The first-order valence-corrected chi connectivity index (χ1v) is 9.14. The molecule has 0 saturated carbocycles. The number of hydrogen-bond acceptors (Lipinski definition) is 6. The molecule has 0 aliphatic carbocycles. The van der Waals surface area contributed by atoms with Crippen molar-refractivity contribution in [1.82, 2.24) is 19.9 Å². The Labute approximate surface area is 161 Å². The molecule has 3 heterocycles. The zero-order valence-corrected chi connectivity index (χ0v) is 15.3. The Morgan fingerprint density at radius 3 is 2.61 bits per heavy atom. The highest BCUT2D eigenvalue weighted by atomic mass is 16.3. The van der Waals surface area contributed by atoms with Gasteiger partial charge in [-0.2, -0.15) is 0 Å². The third-order valence-electron chi connectivity index (χ3n) is 4.54. The maximum Gasteiger partial charge on any atom is 0.195 e. The Bertz CT molecular complexity index is 1280. The van der Waals surface area contributed by atoms with Crippen LogP contribution < -0.4 is 5.32 Å². The van der Waals surface area contributed by atoms with Crippen LogP contribution in [0.3, 0.4) is 0 Å². The van der Waals surface area contributed by atoms with Gasteiger partial charge in [-0.25, -0.2) is 15.0 Å². The fourth-order valence-corrected chi connectivity index (χ4v) is 3.14. The van der Waals surface area contributed by atoms with Gasteiger partial charge in [-0.05, 0) is 36.4 Å². The highest BCUT2D eigenvalue weighted by Gasteiger charge is 2.11. The molecule has 0 aliphatic rings. The summed E-state index contributed by atoms with van der Waals surface area (Å²) >= 11 is 0. The van der Waals surface area contributed by atoms with E-state index >= 15 is 0 Å². The van der Waals surface area contributed by atoms with Crippen molar-refractivity contribution in [2.75, 3.05) is 5.32 Å². The van der Waals surface area contributed by atoms with Gasteiger partial charge in [0.25, 0.3) is 0 Å². The minimum absolute atomic E-state index is 0.651. The number of aryl methyl sites for hydroxylation is 1. The molecule has 0 amide bonds. The van der Waals surface area contributed by atoms with E-state index in [1.54, 1.807) is 12.4 Å². The van der Waals surface area contributed by atoms with Crippen LogP contribution in [0.5, 0.6) is 0 Å². The molecule has 0 fully saturated rings. The molecule has 28 heavy (non-hydrogen) atoms. The number of nitrogens with one attached hydrogen (secondary N) is 1. The summed E-state index contributed by atoms with van der Waals surface area (Å²) in [6.07, 6.45) is 4.25. The van der Waals surface area contributed by atoms with Crippen LogP contribution in [0.2, 0.25) is 0 Å². The van der Waals surface area contributed by atoms with E-state index in [9.17, 15) is 0 Å². The highest BCUT2D eigenvalue weighted by molar-refractivity contribution is 5.92. The second-order valence-corrected chi connectivity index (χ2v) is 6.42. The Balaban J connectivity index is 1.61. The van der Waals surface area contributed by atoms with Crippen LogP contribution >= 0.6 is 0 Å².